The normalized spacial score (nSPS) is 20.7. The number of nitrogens with zero attached hydrogens (tertiary/aromatic N) is 1. The highest BCUT2D eigenvalue weighted by Crippen LogP contribution is 2.06. The third kappa shape index (κ3) is 2.78. The van der Waals surface area contributed by atoms with E-state index in [0.29, 0.717) is 6.61 Å². The van der Waals surface area contributed by atoms with Crippen LogP contribution in [-0.2, 0) is 14.3 Å². The van der Waals surface area contributed by atoms with Gasteiger partial charge in [-0.15, -0.1) is 0 Å². The second kappa shape index (κ2) is 5.07. The van der Waals surface area contributed by atoms with Crippen LogP contribution >= 0.6 is 0 Å². The van der Waals surface area contributed by atoms with Crippen molar-refractivity contribution in [3.8, 4) is 0 Å². The molecule has 0 saturated carbocycles. The van der Waals surface area contributed by atoms with E-state index in [-0.39, 0.29) is 30.9 Å². The van der Waals surface area contributed by atoms with Gasteiger partial charge in [-0.3, -0.25) is 19.8 Å². The summed E-state index contributed by atoms with van der Waals surface area (Å²) in [5.41, 5.74) is 0. The molecule has 0 spiro atoms. The monoisotopic (exact) mass is 200 g/mol. The van der Waals surface area contributed by atoms with Crippen molar-refractivity contribution < 1.29 is 14.3 Å². The lowest BCUT2D eigenvalue weighted by Gasteiger charge is -2.32. The molecule has 1 N–H and O–H groups in total. The van der Waals surface area contributed by atoms with Crippen molar-refractivity contribution in [2.75, 3.05) is 26.8 Å². The Kier molecular flexibility index (Phi) is 4.03. The summed E-state index contributed by atoms with van der Waals surface area (Å²) in [6, 6.07) is 0.148. The Bertz CT molecular complexity index is 214. The number of hydrogen-bond donors (Lipinski definition) is 1. The van der Waals surface area contributed by atoms with Gasteiger partial charge in [0.15, 0.2) is 0 Å². The third-order valence-electron chi connectivity index (χ3n) is 2.32. The number of amides is 2. The largest absolute Gasteiger partial charge is 0.383 e. The Hall–Kier alpha value is -0.940. The van der Waals surface area contributed by atoms with E-state index >= 15 is 0 Å². The topological polar surface area (TPSA) is 58.6 Å². The molecule has 1 atom stereocenters. The van der Waals surface area contributed by atoms with Gasteiger partial charge in [0.2, 0.25) is 11.8 Å². The van der Waals surface area contributed by atoms with Crippen LogP contribution < -0.4 is 5.32 Å². The van der Waals surface area contributed by atoms with Crippen LogP contribution in [0.25, 0.3) is 0 Å². The highest BCUT2D eigenvalue weighted by Gasteiger charge is 2.27. The highest BCUT2D eigenvalue weighted by molar-refractivity contribution is 5.99. The molecule has 0 bridgehead atoms. The molecule has 2 amide bonds. The van der Waals surface area contributed by atoms with Crippen LogP contribution in [0.3, 0.4) is 0 Å². The van der Waals surface area contributed by atoms with Crippen LogP contribution in [-0.4, -0.2) is 49.6 Å². The number of carbonyl (C=O) groups is 2. The maximum atomic E-state index is 11.1. The zero-order valence-corrected chi connectivity index (χ0v) is 8.58. The maximum absolute atomic E-state index is 11.1. The van der Waals surface area contributed by atoms with E-state index in [9.17, 15) is 9.59 Å². The van der Waals surface area contributed by atoms with Crippen molar-refractivity contribution in [2.45, 2.75) is 19.4 Å². The molecule has 14 heavy (non-hydrogen) atoms. The summed E-state index contributed by atoms with van der Waals surface area (Å²) in [6.07, 6.45) is 0.869. The Morgan fingerprint density at radius 3 is 2.43 bits per heavy atom. The van der Waals surface area contributed by atoms with Gasteiger partial charge in [0, 0.05) is 13.2 Å². The smallest absolute Gasteiger partial charge is 0.240 e. The van der Waals surface area contributed by atoms with Gasteiger partial charge in [-0.2, -0.15) is 0 Å². The van der Waals surface area contributed by atoms with Crippen LogP contribution in [0.15, 0.2) is 0 Å². The van der Waals surface area contributed by atoms with Crippen molar-refractivity contribution in [2.24, 2.45) is 0 Å². The molecule has 1 aliphatic heterocycles. The quantitative estimate of drug-likeness (QED) is 0.614. The fraction of sp³-hybridized carbons (Fsp3) is 0.778. The van der Waals surface area contributed by atoms with E-state index in [1.54, 1.807) is 7.11 Å². The number of piperazine rings is 1. The van der Waals surface area contributed by atoms with E-state index in [4.69, 9.17) is 4.74 Å². The average molecular weight is 200 g/mol. The molecule has 1 rings (SSSR count). The van der Waals surface area contributed by atoms with Gasteiger partial charge in [0.25, 0.3) is 0 Å². The van der Waals surface area contributed by atoms with Crippen LogP contribution in [0.4, 0.5) is 0 Å². The van der Waals surface area contributed by atoms with Crippen molar-refractivity contribution in [3.05, 3.63) is 0 Å². The van der Waals surface area contributed by atoms with Gasteiger partial charge in [0.1, 0.15) is 0 Å². The molecule has 0 aromatic carbocycles. The molecule has 0 radical (unpaired) electrons. The number of methoxy groups -OCH3 is 1. The molecule has 0 aliphatic carbocycles. The predicted octanol–water partition coefficient (Wildman–Crippen LogP) is -0.630. The first-order chi connectivity index (χ1) is 6.67. The lowest BCUT2D eigenvalue weighted by Crippen LogP contribution is -2.55. The maximum Gasteiger partial charge on any atom is 0.240 e. The molecule has 1 unspecified atom stereocenters. The molecule has 1 fully saturated rings. The lowest BCUT2D eigenvalue weighted by atomic mass is 10.2. The van der Waals surface area contributed by atoms with Gasteiger partial charge < -0.3 is 4.74 Å². The molecule has 1 saturated heterocycles. The van der Waals surface area contributed by atoms with E-state index in [2.05, 4.69) is 5.32 Å². The van der Waals surface area contributed by atoms with Crippen molar-refractivity contribution in [3.63, 3.8) is 0 Å². The summed E-state index contributed by atoms with van der Waals surface area (Å²) < 4.78 is 5.03. The minimum Gasteiger partial charge on any atom is -0.383 e. The standard InChI is InChI=1S/C9H16N2O3/c1-3-7(6-14-2)11-4-8(12)10-9(13)5-11/h7H,3-6H2,1-2H3,(H,10,12,13). The number of hydrogen-bond acceptors (Lipinski definition) is 4. The number of imide groups is 1. The molecule has 1 aliphatic rings. The van der Waals surface area contributed by atoms with Gasteiger partial charge >= 0.3 is 0 Å². The summed E-state index contributed by atoms with van der Waals surface area (Å²) in [5.74, 6) is -0.452. The van der Waals surface area contributed by atoms with Gasteiger partial charge in [-0.05, 0) is 6.42 Å². The molecule has 1 heterocycles. The van der Waals surface area contributed by atoms with Gasteiger partial charge in [0.05, 0.1) is 19.7 Å². The third-order valence-corrected chi connectivity index (χ3v) is 2.32. The molecular formula is C9H16N2O3. The van der Waals surface area contributed by atoms with Crippen LogP contribution in [0.1, 0.15) is 13.3 Å². The molecule has 5 heteroatoms. The fourth-order valence-electron chi connectivity index (χ4n) is 1.59. The predicted molar refractivity (Wildman–Crippen MR) is 50.7 cm³/mol. The summed E-state index contributed by atoms with van der Waals surface area (Å²) in [4.78, 5) is 24.0. The first-order valence-electron chi connectivity index (χ1n) is 4.73. The Morgan fingerprint density at radius 1 is 1.43 bits per heavy atom. The minimum atomic E-state index is -0.226. The average Bonchev–Trinajstić information content (AvgIpc) is 2.12. The molecule has 5 nitrogen and oxygen atoms in total. The van der Waals surface area contributed by atoms with E-state index in [1.807, 2.05) is 11.8 Å². The Morgan fingerprint density at radius 2 is 2.00 bits per heavy atom. The SMILES string of the molecule is CCC(COC)N1CC(=O)NC(=O)C1. The first-order valence-corrected chi connectivity index (χ1v) is 4.73. The van der Waals surface area contributed by atoms with Crippen LogP contribution in [0.5, 0.6) is 0 Å². The summed E-state index contributed by atoms with van der Waals surface area (Å²) >= 11 is 0. The Balaban J connectivity index is 2.56. The zero-order chi connectivity index (χ0) is 10.6. The Labute approximate surface area is 83.4 Å². The summed E-state index contributed by atoms with van der Waals surface area (Å²) in [5, 5.41) is 2.27. The summed E-state index contributed by atoms with van der Waals surface area (Å²) in [7, 11) is 1.62. The molecule has 80 valence electrons. The number of carbonyl (C=O) groups excluding carboxylic acids is 2. The number of ether oxygens (including phenoxy) is 1. The minimum absolute atomic E-state index is 0.148. The van der Waals surface area contributed by atoms with Crippen LogP contribution in [0.2, 0.25) is 0 Å². The van der Waals surface area contributed by atoms with E-state index in [0.717, 1.165) is 6.42 Å². The van der Waals surface area contributed by atoms with Crippen molar-refractivity contribution in [1.29, 1.82) is 0 Å². The van der Waals surface area contributed by atoms with Crippen LogP contribution in [0, 0.1) is 0 Å². The lowest BCUT2D eigenvalue weighted by molar-refractivity contribution is -0.137. The number of rotatable bonds is 4. The van der Waals surface area contributed by atoms with Crippen molar-refractivity contribution in [1.82, 2.24) is 10.2 Å². The van der Waals surface area contributed by atoms with Gasteiger partial charge in [-0.1, -0.05) is 6.92 Å². The molecule has 0 aromatic rings. The van der Waals surface area contributed by atoms with Crippen molar-refractivity contribution >= 4 is 11.8 Å². The molecular weight excluding hydrogens is 184 g/mol. The fourth-order valence-corrected chi connectivity index (χ4v) is 1.59. The second-order valence-electron chi connectivity index (χ2n) is 3.39. The molecule has 0 aromatic heterocycles. The second-order valence-corrected chi connectivity index (χ2v) is 3.39. The first kappa shape index (κ1) is 11.1. The zero-order valence-electron chi connectivity index (χ0n) is 8.58. The highest BCUT2D eigenvalue weighted by atomic mass is 16.5. The number of nitrogens with one attached hydrogen (secondary N) is 1. The van der Waals surface area contributed by atoms with Gasteiger partial charge in [-0.25, -0.2) is 0 Å². The summed E-state index contributed by atoms with van der Waals surface area (Å²) in [6.45, 7) is 3.14. The van der Waals surface area contributed by atoms with E-state index in [1.165, 1.54) is 0 Å². The van der Waals surface area contributed by atoms with E-state index < -0.39 is 0 Å².